The summed E-state index contributed by atoms with van der Waals surface area (Å²) < 4.78 is 23.9. The molecule has 0 amide bonds. The Morgan fingerprint density at radius 2 is 1.73 bits per heavy atom. The number of benzene rings is 1. The van der Waals surface area contributed by atoms with Crippen molar-refractivity contribution in [1.82, 2.24) is 5.09 Å². The number of para-hydroxylation sites is 1. The quantitative estimate of drug-likeness (QED) is 0.580. The number of carbonyl (C=O) groups is 1. The number of ether oxygens (including phenoxy) is 1. The fraction of sp³-hybridized carbons (Fsp3) is 0.562. The molecule has 0 heterocycles. The van der Waals surface area contributed by atoms with Crippen molar-refractivity contribution in [2.24, 2.45) is 5.92 Å². The molecule has 22 heavy (non-hydrogen) atoms. The third-order valence-electron chi connectivity index (χ3n) is 3.01. The molecular formula is C16H26NO4P. The van der Waals surface area contributed by atoms with Gasteiger partial charge in [0.15, 0.2) is 0 Å². The number of nitrogens with one attached hydrogen (secondary N) is 1. The molecule has 0 radical (unpaired) electrons. The number of carbonyl (C=O) groups excluding carboxylic acids is 1. The van der Waals surface area contributed by atoms with Gasteiger partial charge in [0, 0.05) is 6.04 Å². The van der Waals surface area contributed by atoms with Crippen molar-refractivity contribution in [3.8, 4) is 5.75 Å². The maximum atomic E-state index is 13.0. The lowest BCUT2D eigenvalue weighted by atomic mass is 10.2. The Labute approximate surface area is 132 Å². The van der Waals surface area contributed by atoms with Crippen LogP contribution in [0.3, 0.4) is 0 Å². The Morgan fingerprint density at radius 1 is 1.14 bits per heavy atom. The molecule has 0 fully saturated rings. The molecule has 1 aromatic rings. The van der Waals surface area contributed by atoms with Gasteiger partial charge in [-0.2, -0.15) is 0 Å². The van der Waals surface area contributed by atoms with Gasteiger partial charge >= 0.3 is 13.5 Å². The average molecular weight is 327 g/mol. The second-order valence-electron chi connectivity index (χ2n) is 5.91. The van der Waals surface area contributed by atoms with E-state index < -0.39 is 7.52 Å². The van der Waals surface area contributed by atoms with Crippen LogP contribution in [0.15, 0.2) is 30.3 Å². The van der Waals surface area contributed by atoms with E-state index in [0.29, 0.717) is 5.75 Å². The summed E-state index contributed by atoms with van der Waals surface area (Å²) in [7, 11) is -3.09. The topological polar surface area (TPSA) is 64.6 Å². The Morgan fingerprint density at radius 3 is 2.23 bits per heavy atom. The minimum Gasteiger partial charge on any atom is -0.464 e. The first-order valence-corrected chi connectivity index (χ1v) is 9.22. The van der Waals surface area contributed by atoms with Gasteiger partial charge in [-0.05, 0) is 19.1 Å². The van der Waals surface area contributed by atoms with Crippen LogP contribution in [0.5, 0.6) is 5.75 Å². The third-order valence-corrected chi connectivity index (χ3v) is 5.65. The second kappa shape index (κ2) is 8.35. The van der Waals surface area contributed by atoms with Crippen molar-refractivity contribution in [1.29, 1.82) is 0 Å². The van der Waals surface area contributed by atoms with Gasteiger partial charge in [-0.1, -0.05) is 45.9 Å². The highest BCUT2D eigenvalue weighted by atomic mass is 31.2. The van der Waals surface area contributed by atoms with Crippen LogP contribution in [0.2, 0.25) is 0 Å². The monoisotopic (exact) mass is 327 g/mol. The van der Waals surface area contributed by atoms with Crippen LogP contribution >= 0.6 is 7.52 Å². The zero-order valence-corrected chi connectivity index (χ0v) is 14.8. The molecule has 0 bridgehead atoms. The van der Waals surface area contributed by atoms with Crippen molar-refractivity contribution in [3.05, 3.63) is 30.3 Å². The summed E-state index contributed by atoms with van der Waals surface area (Å²) in [5.74, 6) is 0.111. The van der Waals surface area contributed by atoms with Crippen LogP contribution in [-0.4, -0.2) is 24.3 Å². The highest BCUT2D eigenvalue weighted by molar-refractivity contribution is 7.58. The molecule has 0 aliphatic heterocycles. The smallest absolute Gasteiger partial charge is 0.319 e. The molecule has 124 valence electrons. The molecule has 0 saturated heterocycles. The fourth-order valence-corrected chi connectivity index (χ4v) is 3.32. The van der Waals surface area contributed by atoms with Gasteiger partial charge in [-0.25, -0.2) is 5.09 Å². The van der Waals surface area contributed by atoms with Gasteiger partial charge in [0.05, 0.1) is 11.6 Å². The summed E-state index contributed by atoms with van der Waals surface area (Å²) in [5.41, 5.74) is -0.198. The van der Waals surface area contributed by atoms with Crippen LogP contribution in [0.1, 0.15) is 34.6 Å². The van der Waals surface area contributed by atoms with Crippen molar-refractivity contribution in [3.63, 3.8) is 0 Å². The number of esters is 1. The molecule has 0 aromatic heterocycles. The number of rotatable bonds is 8. The number of hydrogen-bond donors (Lipinski definition) is 1. The van der Waals surface area contributed by atoms with E-state index in [-0.39, 0.29) is 30.2 Å². The summed E-state index contributed by atoms with van der Waals surface area (Å²) in [5, 5.41) is 2.99. The van der Waals surface area contributed by atoms with Gasteiger partial charge in [-0.15, -0.1) is 0 Å². The number of hydrogen-bond acceptors (Lipinski definition) is 4. The zero-order valence-electron chi connectivity index (χ0n) is 13.9. The molecule has 1 N–H and O–H groups in total. The van der Waals surface area contributed by atoms with Crippen LogP contribution < -0.4 is 9.61 Å². The second-order valence-corrected chi connectivity index (χ2v) is 8.58. The molecule has 2 atom stereocenters. The van der Waals surface area contributed by atoms with Gasteiger partial charge in [-0.3, -0.25) is 9.36 Å². The molecule has 0 saturated carbocycles. The predicted octanol–water partition coefficient (Wildman–Crippen LogP) is 3.84. The molecular weight excluding hydrogens is 301 g/mol. The van der Waals surface area contributed by atoms with Crippen LogP contribution in [0.4, 0.5) is 0 Å². The Balaban J connectivity index is 2.67. The van der Waals surface area contributed by atoms with E-state index in [4.69, 9.17) is 9.26 Å². The zero-order chi connectivity index (χ0) is 16.8. The van der Waals surface area contributed by atoms with Crippen molar-refractivity contribution < 1.29 is 18.6 Å². The van der Waals surface area contributed by atoms with E-state index in [1.807, 2.05) is 39.0 Å². The Hall–Kier alpha value is -1.32. The average Bonchev–Trinajstić information content (AvgIpc) is 2.45. The van der Waals surface area contributed by atoms with Gasteiger partial charge in [0.1, 0.15) is 12.4 Å². The molecule has 5 nitrogen and oxygen atoms in total. The first-order chi connectivity index (χ1) is 10.2. The summed E-state index contributed by atoms with van der Waals surface area (Å²) in [6, 6.07) is 8.79. The molecule has 0 spiro atoms. The van der Waals surface area contributed by atoms with Crippen LogP contribution in [-0.2, 0) is 14.1 Å². The van der Waals surface area contributed by atoms with Crippen molar-refractivity contribution in [2.45, 2.75) is 46.3 Å². The Bertz CT molecular complexity index is 516. The van der Waals surface area contributed by atoms with Crippen molar-refractivity contribution in [2.75, 3.05) is 6.61 Å². The molecule has 6 heteroatoms. The molecule has 0 aliphatic carbocycles. The summed E-state index contributed by atoms with van der Waals surface area (Å²) in [6.45, 7) is 9.20. The lowest BCUT2D eigenvalue weighted by molar-refractivity contribution is -0.147. The lowest BCUT2D eigenvalue weighted by Gasteiger charge is -2.27. The highest BCUT2D eigenvalue weighted by Gasteiger charge is 2.31. The first-order valence-electron chi connectivity index (χ1n) is 7.53. The van der Waals surface area contributed by atoms with Crippen molar-refractivity contribution >= 4 is 13.5 Å². The third kappa shape index (κ3) is 5.82. The van der Waals surface area contributed by atoms with Gasteiger partial charge in [0.2, 0.25) is 0 Å². The minimum atomic E-state index is -3.09. The van der Waals surface area contributed by atoms with E-state index in [1.165, 1.54) is 0 Å². The Kier molecular flexibility index (Phi) is 7.11. The van der Waals surface area contributed by atoms with E-state index in [0.717, 1.165) is 0 Å². The molecule has 1 aromatic carbocycles. The lowest BCUT2D eigenvalue weighted by Crippen LogP contribution is -2.33. The summed E-state index contributed by atoms with van der Waals surface area (Å²) in [6.07, 6.45) is 0. The molecule has 1 unspecified atom stereocenters. The van der Waals surface area contributed by atoms with Gasteiger partial charge in [0.25, 0.3) is 0 Å². The van der Waals surface area contributed by atoms with E-state index in [1.54, 1.807) is 26.0 Å². The van der Waals surface area contributed by atoms with E-state index >= 15 is 0 Å². The minimum absolute atomic E-state index is 0.159. The first kappa shape index (κ1) is 18.7. The summed E-state index contributed by atoms with van der Waals surface area (Å²) in [4.78, 5) is 11.5. The van der Waals surface area contributed by atoms with E-state index in [9.17, 15) is 9.36 Å². The summed E-state index contributed by atoms with van der Waals surface area (Å²) >= 11 is 0. The standard InChI is InChI=1S/C16H26NO4P/c1-12(2)16(18)20-11-14(5)17-22(19,13(3)4)21-15-9-7-6-8-10-15/h6-10,12-14H,11H2,1-5H3,(H,17,19)/t14-,22?/m0/s1. The highest BCUT2D eigenvalue weighted by Crippen LogP contribution is 2.48. The van der Waals surface area contributed by atoms with E-state index in [2.05, 4.69) is 5.09 Å². The van der Waals surface area contributed by atoms with Gasteiger partial charge < -0.3 is 9.26 Å². The SMILES string of the molecule is CC(C)C(=O)OC[C@H](C)NP(=O)(Oc1ccccc1)C(C)C. The fourth-order valence-electron chi connectivity index (χ4n) is 1.64. The molecule has 1 rings (SSSR count). The normalized spacial score (nSPS) is 15.4. The largest absolute Gasteiger partial charge is 0.464 e. The maximum absolute atomic E-state index is 13.0. The van der Waals surface area contributed by atoms with Crippen LogP contribution in [0.25, 0.3) is 0 Å². The van der Waals surface area contributed by atoms with Crippen LogP contribution in [0, 0.1) is 5.92 Å². The maximum Gasteiger partial charge on any atom is 0.319 e. The predicted molar refractivity (Wildman–Crippen MR) is 88.2 cm³/mol. The molecule has 0 aliphatic rings.